The van der Waals surface area contributed by atoms with Crippen LogP contribution in [0, 0.1) is 0 Å². The highest BCUT2D eigenvalue weighted by Crippen LogP contribution is 2.28. The van der Waals surface area contributed by atoms with Crippen molar-refractivity contribution < 1.29 is 0 Å². The molecular weight excluding hydrogens is 258 g/mol. The molecule has 0 radical (unpaired) electrons. The molecule has 1 saturated heterocycles. The van der Waals surface area contributed by atoms with E-state index in [2.05, 4.69) is 33.9 Å². The van der Waals surface area contributed by atoms with Gasteiger partial charge in [-0.15, -0.1) is 0 Å². The van der Waals surface area contributed by atoms with E-state index in [9.17, 15) is 0 Å². The summed E-state index contributed by atoms with van der Waals surface area (Å²) in [5.74, 6) is 0. The minimum atomic E-state index is 0.275. The third-order valence-corrected chi connectivity index (χ3v) is 4.13. The van der Waals surface area contributed by atoms with Crippen molar-refractivity contribution in [2.24, 2.45) is 0 Å². The van der Waals surface area contributed by atoms with Gasteiger partial charge in [-0.05, 0) is 44.0 Å². The summed E-state index contributed by atoms with van der Waals surface area (Å²) >= 11 is 5.95. The first kappa shape index (κ1) is 12.7. The lowest BCUT2D eigenvalue weighted by Gasteiger charge is -2.20. The van der Waals surface area contributed by atoms with Gasteiger partial charge in [-0.3, -0.25) is 0 Å². The monoisotopic (exact) mass is 275 g/mol. The number of imidazole rings is 1. The molecule has 2 atom stereocenters. The molecule has 2 heterocycles. The van der Waals surface area contributed by atoms with E-state index in [4.69, 9.17) is 11.6 Å². The highest BCUT2D eigenvalue weighted by Gasteiger charge is 2.22. The number of rotatable bonds is 3. The summed E-state index contributed by atoms with van der Waals surface area (Å²) in [7, 11) is 0. The molecule has 1 aliphatic rings. The predicted molar refractivity (Wildman–Crippen MR) is 77.5 cm³/mol. The Morgan fingerprint density at radius 3 is 2.84 bits per heavy atom. The van der Waals surface area contributed by atoms with Crippen molar-refractivity contribution in [3.8, 4) is 0 Å². The quantitative estimate of drug-likeness (QED) is 0.928. The van der Waals surface area contributed by atoms with E-state index in [0.717, 1.165) is 11.6 Å². The predicted octanol–water partition coefficient (Wildman–Crippen LogP) is 3.57. The lowest BCUT2D eigenvalue weighted by atomic mass is 10.1. The highest BCUT2D eigenvalue weighted by molar-refractivity contribution is 6.30. The van der Waals surface area contributed by atoms with Crippen LogP contribution in [-0.4, -0.2) is 16.1 Å². The standard InChI is InChI=1S/C15H18ClN3/c1-11(12-4-6-13(16)7-5-12)19-10-17-9-15(19)14-3-2-8-18-14/h4-7,9-11,14,18H,2-3,8H2,1H3/t11?,14-/m0/s1. The summed E-state index contributed by atoms with van der Waals surface area (Å²) in [5.41, 5.74) is 2.53. The van der Waals surface area contributed by atoms with Gasteiger partial charge in [0.05, 0.1) is 18.1 Å². The second kappa shape index (κ2) is 5.35. The fourth-order valence-corrected chi connectivity index (χ4v) is 2.87. The van der Waals surface area contributed by atoms with Gasteiger partial charge < -0.3 is 9.88 Å². The van der Waals surface area contributed by atoms with Crippen LogP contribution in [0.5, 0.6) is 0 Å². The molecule has 19 heavy (non-hydrogen) atoms. The summed E-state index contributed by atoms with van der Waals surface area (Å²) < 4.78 is 2.26. The lowest BCUT2D eigenvalue weighted by Crippen LogP contribution is -2.18. The van der Waals surface area contributed by atoms with Crippen LogP contribution in [0.1, 0.15) is 43.1 Å². The molecule has 0 saturated carbocycles. The normalized spacial score (nSPS) is 20.6. The smallest absolute Gasteiger partial charge is 0.0954 e. The topological polar surface area (TPSA) is 29.9 Å². The van der Waals surface area contributed by atoms with E-state index in [0.29, 0.717) is 6.04 Å². The van der Waals surface area contributed by atoms with E-state index >= 15 is 0 Å². The van der Waals surface area contributed by atoms with Crippen molar-refractivity contribution in [1.29, 1.82) is 0 Å². The molecule has 1 unspecified atom stereocenters. The first-order valence-corrected chi connectivity index (χ1v) is 7.14. The molecule has 1 aromatic heterocycles. The Labute approximate surface area is 118 Å². The van der Waals surface area contributed by atoms with Gasteiger partial charge in [0.1, 0.15) is 0 Å². The molecule has 3 rings (SSSR count). The molecule has 3 nitrogen and oxygen atoms in total. The summed E-state index contributed by atoms with van der Waals surface area (Å²) in [6.45, 7) is 3.30. The second-order valence-corrected chi connectivity index (χ2v) is 5.54. The summed E-state index contributed by atoms with van der Waals surface area (Å²) in [5, 5.41) is 4.31. The maximum absolute atomic E-state index is 5.95. The molecule has 0 aliphatic carbocycles. The third kappa shape index (κ3) is 2.53. The van der Waals surface area contributed by atoms with E-state index in [1.54, 1.807) is 0 Å². The molecule has 2 aromatic rings. The zero-order valence-electron chi connectivity index (χ0n) is 11.0. The van der Waals surface area contributed by atoms with Crippen LogP contribution in [0.25, 0.3) is 0 Å². The van der Waals surface area contributed by atoms with Gasteiger partial charge in [0.2, 0.25) is 0 Å². The Morgan fingerprint density at radius 1 is 1.37 bits per heavy atom. The van der Waals surface area contributed by atoms with E-state index in [1.807, 2.05) is 24.7 Å². The second-order valence-electron chi connectivity index (χ2n) is 5.10. The average Bonchev–Trinajstić information content (AvgIpc) is 3.09. The zero-order chi connectivity index (χ0) is 13.2. The number of benzene rings is 1. The summed E-state index contributed by atoms with van der Waals surface area (Å²) in [4.78, 5) is 4.33. The van der Waals surface area contributed by atoms with Crippen LogP contribution >= 0.6 is 11.6 Å². The highest BCUT2D eigenvalue weighted by atomic mass is 35.5. The number of hydrogen-bond acceptors (Lipinski definition) is 2. The van der Waals surface area contributed by atoms with E-state index in [-0.39, 0.29) is 6.04 Å². The van der Waals surface area contributed by atoms with Crippen LogP contribution in [0.3, 0.4) is 0 Å². The van der Waals surface area contributed by atoms with Gasteiger partial charge in [-0.25, -0.2) is 4.98 Å². The van der Waals surface area contributed by atoms with E-state index in [1.165, 1.54) is 24.1 Å². The minimum absolute atomic E-state index is 0.275. The van der Waals surface area contributed by atoms with Crippen molar-refractivity contribution in [2.45, 2.75) is 31.8 Å². The van der Waals surface area contributed by atoms with Gasteiger partial charge >= 0.3 is 0 Å². The van der Waals surface area contributed by atoms with Gasteiger partial charge in [0.25, 0.3) is 0 Å². The van der Waals surface area contributed by atoms with Crippen molar-refractivity contribution in [1.82, 2.24) is 14.9 Å². The summed E-state index contributed by atoms with van der Waals surface area (Å²) in [6, 6.07) is 8.77. The molecule has 1 aromatic carbocycles. The molecular formula is C15H18ClN3. The van der Waals surface area contributed by atoms with Gasteiger partial charge in [0, 0.05) is 17.3 Å². The first-order chi connectivity index (χ1) is 9.25. The Hall–Kier alpha value is -1.32. The van der Waals surface area contributed by atoms with Crippen LogP contribution in [0.15, 0.2) is 36.8 Å². The lowest BCUT2D eigenvalue weighted by molar-refractivity contribution is 0.538. The molecule has 4 heteroatoms. The van der Waals surface area contributed by atoms with Crippen LogP contribution < -0.4 is 5.32 Å². The molecule has 0 bridgehead atoms. The average molecular weight is 276 g/mol. The van der Waals surface area contributed by atoms with E-state index < -0.39 is 0 Å². The minimum Gasteiger partial charge on any atom is -0.326 e. The number of nitrogens with zero attached hydrogens (tertiary/aromatic N) is 2. The van der Waals surface area contributed by atoms with Crippen LogP contribution in [0.4, 0.5) is 0 Å². The number of nitrogens with one attached hydrogen (secondary N) is 1. The van der Waals surface area contributed by atoms with Gasteiger partial charge in [0.15, 0.2) is 0 Å². The number of aromatic nitrogens is 2. The van der Waals surface area contributed by atoms with Crippen molar-refractivity contribution in [2.75, 3.05) is 6.54 Å². The largest absolute Gasteiger partial charge is 0.326 e. The molecule has 1 fully saturated rings. The Kier molecular flexibility index (Phi) is 3.58. The van der Waals surface area contributed by atoms with Crippen molar-refractivity contribution in [3.63, 3.8) is 0 Å². The molecule has 0 spiro atoms. The van der Waals surface area contributed by atoms with Crippen molar-refractivity contribution in [3.05, 3.63) is 53.1 Å². The maximum Gasteiger partial charge on any atom is 0.0954 e. The van der Waals surface area contributed by atoms with Gasteiger partial charge in [-0.2, -0.15) is 0 Å². The Morgan fingerprint density at radius 2 is 2.16 bits per heavy atom. The Bertz CT molecular complexity index is 541. The number of halogens is 1. The molecule has 0 amide bonds. The van der Waals surface area contributed by atoms with Crippen LogP contribution in [0.2, 0.25) is 5.02 Å². The fraction of sp³-hybridized carbons (Fsp3) is 0.400. The van der Waals surface area contributed by atoms with Gasteiger partial charge in [-0.1, -0.05) is 23.7 Å². The summed E-state index contributed by atoms with van der Waals surface area (Å²) in [6.07, 6.45) is 6.34. The molecule has 100 valence electrons. The molecule has 1 N–H and O–H groups in total. The fourth-order valence-electron chi connectivity index (χ4n) is 2.75. The molecule has 1 aliphatic heterocycles. The van der Waals surface area contributed by atoms with Crippen molar-refractivity contribution >= 4 is 11.6 Å². The number of hydrogen-bond donors (Lipinski definition) is 1. The first-order valence-electron chi connectivity index (χ1n) is 6.76. The Balaban J connectivity index is 1.89. The third-order valence-electron chi connectivity index (χ3n) is 3.88. The maximum atomic E-state index is 5.95. The SMILES string of the molecule is CC(c1ccc(Cl)cc1)n1cncc1[C@@H]1CCCN1. The van der Waals surface area contributed by atoms with Crippen LogP contribution in [-0.2, 0) is 0 Å². The zero-order valence-corrected chi connectivity index (χ0v) is 11.8.